The zero-order valence-electron chi connectivity index (χ0n) is 17.1. The lowest BCUT2D eigenvalue weighted by Gasteiger charge is -2.22. The van der Waals surface area contributed by atoms with Gasteiger partial charge >= 0.3 is 0 Å². The normalized spacial score (nSPS) is 17.2. The largest absolute Gasteiger partial charge is 0.378 e. The van der Waals surface area contributed by atoms with Gasteiger partial charge in [-0.1, -0.05) is 0 Å². The van der Waals surface area contributed by atoms with Crippen LogP contribution >= 0.6 is 0 Å². The molecule has 168 valence electrons. The summed E-state index contributed by atoms with van der Waals surface area (Å²) in [6, 6.07) is 0. The molecule has 0 aromatic heterocycles. The van der Waals surface area contributed by atoms with Crippen molar-refractivity contribution in [2.24, 2.45) is 5.73 Å². The van der Waals surface area contributed by atoms with Crippen molar-refractivity contribution in [3.8, 4) is 0 Å². The minimum Gasteiger partial charge on any atom is -0.378 e. The third kappa shape index (κ3) is 17.7. The molecule has 1 unspecified atom stereocenters. The second kappa shape index (κ2) is 21.4. The van der Waals surface area contributed by atoms with Gasteiger partial charge in [0.15, 0.2) is 6.29 Å². The van der Waals surface area contributed by atoms with Gasteiger partial charge in [0.2, 0.25) is 0 Å². The van der Waals surface area contributed by atoms with Crippen LogP contribution in [0.25, 0.3) is 0 Å². The molecule has 0 aromatic carbocycles. The molecule has 0 aromatic rings. The van der Waals surface area contributed by atoms with Gasteiger partial charge in [0.25, 0.3) is 0 Å². The third-order valence-corrected chi connectivity index (χ3v) is 3.79. The first-order chi connectivity index (χ1) is 13.9. The summed E-state index contributed by atoms with van der Waals surface area (Å²) in [5.41, 5.74) is 5.31. The Bertz CT molecular complexity index is 306. The van der Waals surface area contributed by atoms with Crippen molar-refractivity contribution in [1.82, 2.24) is 0 Å². The zero-order valence-corrected chi connectivity index (χ0v) is 17.1. The van der Waals surface area contributed by atoms with Crippen LogP contribution in [0.15, 0.2) is 0 Å². The van der Waals surface area contributed by atoms with Crippen molar-refractivity contribution in [1.29, 1.82) is 0 Å². The van der Waals surface area contributed by atoms with Crippen molar-refractivity contribution >= 4 is 0 Å². The molecule has 1 rings (SSSR count). The number of nitrogens with two attached hydrogens (primary N) is 1. The lowest BCUT2D eigenvalue weighted by atomic mass is 10.2. The Morgan fingerprint density at radius 1 is 0.571 bits per heavy atom. The Balaban J connectivity index is 1.64. The van der Waals surface area contributed by atoms with Crippen molar-refractivity contribution in [2.45, 2.75) is 25.6 Å². The molecular formula is C19H39NO8. The van der Waals surface area contributed by atoms with Gasteiger partial charge in [-0.05, 0) is 19.3 Å². The summed E-state index contributed by atoms with van der Waals surface area (Å²) in [4.78, 5) is 0. The van der Waals surface area contributed by atoms with E-state index in [1.807, 2.05) is 0 Å². The number of ether oxygens (including phenoxy) is 8. The van der Waals surface area contributed by atoms with Crippen LogP contribution in [0.3, 0.4) is 0 Å². The molecule has 0 bridgehead atoms. The van der Waals surface area contributed by atoms with Crippen LogP contribution in [0.1, 0.15) is 19.3 Å². The molecule has 1 aliphatic rings. The van der Waals surface area contributed by atoms with Crippen molar-refractivity contribution in [2.75, 3.05) is 99.0 Å². The minimum atomic E-state index is -0.0525. The Morgan fingerprint density at radius 3 is 1.39 bits per heavy atom. The van der Waals surface area contributed by atoms with Gasteiger partial charge in [-0.15, -0.1) is 0 Å². The molecular weight excluding hydrogens is 370 g/mol. The van der Waals surface area contributed by atoms with E-state index in [1.54, 1.807) is 0 Å². The second-order valence-corrected chi connectivity index (χ2v) is 6.13. The quantitative estimate of drug-likeness (QED) is 0.273. The Kier molecular flexibility index (Phi) is 19.6. The monoisotopic (exact) mass is 409 g/mol. The highest BCUT2D eigenvalue weighted by Gasteiger charge is 2.13. The van der Waals surface area contributed by atoms with E-state index in [9.17, 15) is 0 Å². The van der Waals surface area contributed by atoms with Crippen LogP contribution < -0.4 is 5.73 Å². The fourth-order valence-electron chi connectivity index (χ4n) is 2.37. The van der Waals surface area contributed by atoms with Gasteiger partial charge in [-0.3, -0.25) is 0 Å². The molecule has 0 radical (unpaired) electrons. The average Bonchev–Trinajstić information content (AvgIpc) is 2.73. The lowest BCUT2D eigenvalue weighted by Crippen LogP contribution is -2.24. The molecule has 1 atom stereocenters. The first-order valence-corrected chi connectivity index (χ1v) is 10.3. The number of hydrogen-bond acceptors (Lipinski definition) is 9. The van der Waals surface area contributed by atoms with Crippen molar-refractivity contribution in [3.63, 3.8) is 0 Å². The predicted molar refractivity (Wildman–Crippen MR) is 104 cm³/mol. The maximum atomic E-state index is 5.58. The summed E-state index contributed by atoms with van der Waals surface area (Å²) < 4.78 is 43.3. The van der Waals surface area contributed by atoms with E-state index in [-0.39, 0.29) is 6.29 Å². The van der Waals surface area contributed by atoms with Crippen LogP contribution in [-0.2, 0) is 37.9 Å². The van der Waals surface area contributed by atoms with E-state index in [0.29, 0.717) is 92.4 Å². The third-order valence-electron chi connectivity index (χ3n) is 3.79. The Labute approximate surface area is 169 Å². The first kappa shape index (κ1) is 25.7. The Hall–Kier alpha value is -0.360. The fourth-order valence-corrected chi connectivity index (χ4v) is 2.37. The topological polar surface area (TPSA) is 99.9 Å². The number of hydrogen-bond donors (Lipinski definition) is 1. The molecule has 1 saturated heterocycles. The molecule has 0 saturated carbocycles. The Morgan fingerprint density at radius 2 is 1.00 bits per heavy atom. The van der Waals surface area contributed by atoms with Gasteiger partial charge < -0.3 is 43.6 Å². The fraction of sp³-hybridized carbons (Fsp3) is 1.00. The molecule has 0 aliphatic carbocycles. The van der Waals surface area contributed by atoms with Crippen LogP contribution in [0.2, 0.25) is 0 Å². The zero-order chi connectivity index (χ0) is 20.0. The van der Waals surface area contributed by atoms with Crippen LogP contribution in [0.4, 0.5) is 0 Å². The standard InChI is InChI=1S/C19H39NO8/c20-4-6-21-7-8-22-9-10-23-11-12-24-13-14-25-15-16-26-17-18-28-19-3-1-2-5-27-19/h19H,1-18,20H2. The lowest BCUT2D eigenvalue weighted by molar-refractivity contribution is -0.169. The molecule has 9 nitrogen and oxygen atoms in total. The van der Waals surface area contributed by atoms with Crippen molar-refractivity contribution in [3.05, 3.63) is 0 Å². The average molecular weight is 410 g/mol. The first-order valence-electron chi connectivity index (χ1n) is 10.3. The van der Waals surface area contributed by atoms with E-state index >= 15 is 0 Å². The van der Waals surface area contributed by atoms with Gasteiger partial charge in [0.1, 0.15) is 0 Å². The van der Waals surface area contributed by atoms with E-state index < -0.39 is 0 Å². The summed E-state index contributed by atoms with van der Waals surface area (Å²) in [5.74, 6) is 0. The molecule has 2 N–H and O–H groups in total. The van der Waals surface area contributed by atoms with Crippen molar-refractivity contribution < 1.29 is 37.9 Å². The van der Waals surface area contributed by atoms with Gasteiger partial charge in [-0.25, -0.2) is 0 Å². The molecule has 1 fully saturated rings. The van der Waals surface area contributed by atoms with E-state index in [4.69, 9.17) is 43.6 Å². The van der Waals surface area contributed by atoms with Gasteiger partial charge in [0, 0.05) is 13.2 Å². The highest BCUT2D eigenvalue weighted by molar-refractivity contribution is 4.53. The maximum absolute atomic E-state index is 5.58. The van der Waals surface area contributed by atoms with E-state index in [0.717, 1.165) is 19.4 Å². The highest BCUT2D eigenvalue weighted by Crippen LogP contribution is 2.13. The van der Waals surface area contributed by atoms with E-state index in [2.05, 4.69) is 0 Å². The summed E-state index contributed by atoms with van der Waals surface area (Å²) >= 11 is 0. The number of rotatable bonds is 21. The summed E-state index contributed by atoms with van der Waals surface area (Å²) in [5, 5.41) is 0. The molecule has 1 aliphatic heterocycles. The smallest absolute Gasteiger partial charge is 0.157 e. The molecule has 1 heterocycles. The molecule has 9 heteroatoms. The van der Waals surface area contributed by atoms with Gasteiger partial charge in [0.05, 0.1) is 85.9 Å². The maximum Gasteiger partial charge on any atom is 0.157 e. The van der Waals surface area contributed by atoms with E-state index in [1.165, 1.54) is 6.42 Å². The van der Waals surface area contributed by atoms with Crippen LogP contribution in [0, 0.1) is 0 Å². The van der Waals surface area contributed by atoms with Crippen LogP contribution in [0.5, 0.6) is 0 Å². The molecule has 28 heavy (non-hydrogen) atoms. The SMILES string of the molecule is NCCOCCOCCOCCOCCOCCOCCOC1CCCCO1. The molecule has 0 spiro atoms. The van der Waals surface area contributed by atoms with Gasteiger partial charge in [-0.2, -0.15) is 0 Å². The highest BCUT2D eigenvalue weighted by atomic mass is 16.7. The predicted octanol–water partition coefficient (Wildman–Crippen LogP) is 0.588. The summed E-state index contributed by atoms with van der Waals surface area (Å²) in [6.07, 6.45) is 3.23. The molecule has 0 amide bonds. The van der Waals surface area contributed by atoms with Crippen LogP contribution in [-0.4, -0.2) is 105 Å². The summed E-state index contributed by atoms with van der Waals surface area (Å²) in [7, 11) is 0. The minimum absolute atomic E-state index is 0.0525. The second-order valence-electron chi connectivity index (χ2n) is 6.13. The summed E-state index contributed by atoms with van der Waals surface area (Å²) in [6.45, 7) is 8.50.